The molecule has 2 saturated heterocycles. The molecule has 3 heterocycles. The van der Waals surface area contributed by atoms with Crippen LogP contribution in [0.25, 0.3) is 0 Å². The molecule has 0 saturated carbocycles. The second-order valence-electron chi connectivity index (χ2n) is 4.40. The third-order valence-corrected chi connectivity index (χ3v) is 3.52. The number of rotatable bonds is 1. The van der Waals surface area contributed by atoms with Gasteiger partial charge in [0.2, 0.25) is 5.95 Å². The predicted octanol–water partition coefficient (Wildman–Crippen LogP) is 0.0551. The van der Waals surface area contributed by atoms with Gasteiger partial charge in [-0.25, -0.2) is 9.67 Å². The van der Waals surface area contributed by atoms with E-state index in [4.69, 9.17) is 5.73 Å². The van der Waals surface area contributed by atoms with Crippen molar-refractivity contribution in [1.82, 2.24) is 19.7 Å². The monoisotopic (exact) mass is 193 g/mol. The van der Waals surface area contributed by atoms with Crippen LogP contribution in [0.1, 0.15) is 19.3 Å². The summed E-state index contributed by atoms with van der Waals surface area (Å²) in [6.45, 7) is 3.56. The zero-order valence-corrected chi connectivity index (χ0v) is 8.19. The average Bonchev–Trinajstić information content (AvgIpc) is 2.73. The molecule has 2 bridgehead atoms. The van der Waals surface area contributed by atoms with E-state index in [9.17, 15) is 0 Å². The highest BCUT2D eigenvalue weighted by Crippen LogP contribution is 2.37. The van der Waals surface area contributed by atoms with Gasteiger partial charge in [0.15, 0.2) is 0 Å². The zero-order chi connectivity index (χ0) is 9.60. The summed E-state index contributed by atoms with van der Waals surface area (Å²) in [4.78, 5) is 6.52. The van der Waals surface area contributed by atoms with Gasteiger partial charge in [-0.15, -0.1) is 5.10 Å². The Labute approximate surface area is 82.9 Å². The summed E-state index contributed by atoms with van der Waals surface area (Å²) in [5.74, 6) is 0.392. The molecular weight excluding hydrogens is 178 g/mol. The Hall–Kier alpha value is -1.10. The van der Waals surface area contributed by atoms with Gasteiger partial charge in [0.05, 0.1) is 5.54 Å². The number of fused-ring (bicyclic) bond motifs is 2. The normalized spacial score (nSPS) is 36.1. The van der Waals surface area contributed by atoms with E-state index in [-0.39, 0.29) is 5.54 Å². The Morgan fingerprint density at radius 1 is 1.36 bits per heavy atom. The predicted molar refractivity (Wildman–Crippen MR) is 52.7 cm³/mol. The Morgan fingerprint density at radius 3 is 3.07 bits per heavy atom. The van der Waals surface area contributed by atoms with E-state index < -0.39 is 0 Å². The van der Waals surface area contributed by atoms with Crippen LogP contribution in [0.4, 0.5) is 5.95 Å². The van der Waals surface area contributed by atoms with E-state index in [1.54, 1.807) is 6.33 Å². The standard InChI is InChI=1S/C9H15N5/c10-8-11-7-14(12-8)9-2-1-4-13(6-9)5-3-9/h7H,1-6H2,(H2,10,12). The van der Waals surface area contributed by atoms with Gasteiger partial charge >= 0.3 is 0 Å². The Bertz CT molecular complexity index is 343. The molecule has 5 heteroatoms. The minimum Gasteiger partial charge on any atom is -0.367 e. The molecule has 3 rings (SSSR count). The van der Waals surface area contributed by atoms with Crippen molar-refractivity contribution in [2.45, 2.75) is 24.8 Å². The summed E-state index contributed by atoms with van der Waals surface area (Å²) < 4.78 is 1.99. The maximum Gasteiger partial charge on any atom is 0.239 e. The number of nitrogens with zero attached hydrogens (tertiary/aromatic N) is 4. The molecule has 2 aliphatic rings. The van der Waals surface area contributed by atoms with Crippen LogP contribution in [0.15, 0.2) is 6.33 Å². The lowest BCUT2D eigenvalue weighted by molar-refractivity contribution is 0.171. The highest BCUT2D eigenvalue weighted by molar-refractivity contribution is 5.11. The summed E-state index contributed by atoms with van der Waals surface area (Å²) in [7, 11) is 0. The molecule has 1 aromatic rings. The van der Waals surface area contributed by atoms with Crippen molar-refractivity contribution in [3.63, 3.8) is 0 Å². The molecule has 0 radical (unpaired) electrons. The summed E-state index contributed by atoms with van der Waals surface area (Å²) >= 11 is 0. The fraction of sp³-hybridized carbons (Fsp3) is 0.778. The number of aromatic nitrogens is 3. The molecule has 5 nitrogen and oxygen atoms in total. The summed E-state index contributed by atoms with van der Waals surface area (Å²) in [5.41, 5.74) is 5.75. The molecule has 0 spiro atoms. The highest BCUT2D eigenvalue weighted by atomic mass is 15.4. The quantitative estimate of drug-likeness (QED) is 0.685. The minimum absolute atomic E-state index is 0.197. The van der Waals surface area contributed by atoms with E-state index in [1.807, 2.05) is 4.68 Å². The van der Waals surface area contributed by atoms with Gasteiger partial charge in [-0.1, -0.05) is 0 Å². The number of hydrogen-bond acceptors (Lipinski definition) is 4. The molecule has 76 valence electrons. The SMILES string of the molecule is Nc1ncn(C23CCCN(CC2)C3)n1. The van der Waals surface area contributed by atoms with Gasteiger partial charge in [0.1, 0.15) is 6.33 Å². The average molecular weight is 193 g/mol. The lowest BCUT2D eigenvalue weighted by atomic mass is 9.91. The van der Waals surface area contributed by atoms with Crippen LogP contribution in [0.3, 0.4) is 0 Å². The van der Waals surface area contributed by atoms with Crippen molar-refractivity contribution in [2.75, 3.05) is 25.4 Å². The first-order valence-corrected chi connectivity index (χ1v) is 5.19. The molecule has 2 N–H and O–H groups in total. The maximum atomic E-state index is 5.56. The molecular formula is C9H15N5. The topological polar surface area (TPSA) is 60.0 Å². The second-order valence-corrected chi connectivity index (χ2v) is 4.40. The number of nitrogens with two attached hydrogens (primary N) is 1. The van der Waals surface area contributed by atoms with E-state index in [1.165, 1.54) is 32.4 Å². The van der Waals surface area contributed by atoms with Crippen LogP contribution in [0.2, 0.25) is 0 Å². The fourth-order valence-corrected chi connectivity index (χ4v) is 2.77. The lowest BCUT2D eigenvalue weighted by Crippen LogP contribution is -2.41. The van der Waals surface area contributed by atoms with Crippen molar-refractivity contribution in [3.8, 4) is 0 Å². The highest BCUT2D eigenvalue weighted by Gasteiger charge is 2.43. The molecule has 2 atom stereocenters. The first-order chi connectivity index (χ1) is 6.78. The van der Waals surface area contributed by atoms with Crippen LogP contribution < -0.4 is 5.73 Å². The molecule has 1 aromatic heterocycles. The molecule has 2 aliphatic heterocycles. The van der Waals surface area contributed by atoms with Gasteiger partial charge in [0.25, 0.3) is 0 Å². The zero-order valence-electron chi connectivity index (χ0n) is 8.19. The van der Waals surface area contributed by atoms with Crippen molar-refractivity contribution in [2.24, 2.45) is 0 Å². The number of piperidine rings is 1. The third-order valence-electron chi connectivity index (χ3n) is 3.52. The van der Waals surface area contributed by atoms with E-state index in [0.717, 1.165) is 6.54 Å². The van der Waals surface area contributed by atoms with Gasteiger partial charge < -0.3 is 10.6 Å². The second kappa shape index (κ2) is 2.70. The van der Waals surface area contributed by atoms with Gasteiger partial charge in [-0.3, -0.25) is 0 Å². The lowest BCUT2D eigenvalue weighted by Gasteiger charge is -2.33. The minimum atomic E-state index is 0.197. The maximum absolute atomic E-state index is 5.56. The molecule has 14 heavy (non-hydrogen) atoms. The molecule has 0 aliphatic carbocycles. The smallest absolute Gasteiger partial charge is 0.239 e. The van der Waals surface area contributed by atoms with E-state index in [2.05, 4.69) is 15.0 Å². The third kappa shape index (κ3) is 1.05. The molecule has 2 fully saturated rings. The van der Waals surface area contributed by atoms with Crippen LogP contribution in [-0.2, 0) is 5.54 Å². The first-order valence-electron chi connectivity index (χ1n) is 5.19. The summed E-state index contributed by atoms with van der Waals surface area (Å²) in [6, 6.07) is 0. The fourth-order valence-electron chi connectivity index (χ4n) is 2.77. The Balaban J connectivity index is 1.96. The summed E-state index contributed by atoms with van der Waals surface area (Å²) in [6.07, 6.45) is 5.45. The number of hydrogen-bond donors (Lipinski definition) is 1. The molecule has 2 unspecified atom stereocenters. The molecule has 0 amide bonds. The molecule has 0 aromatic carbocycles. The van der Waals surface area contributed by atoms with Crippen LogP contribution >= 0.6 is 0 Å². The number of anilines is 1. The van der Waals surface area contributed by atoms with Crippen molar-refractivity contribution in [1.29, 1.82) is 0 Å². The van der Waals surface area contributed by atoms with Gasteiger partial charge in [-0.05, 0) is 25.8 Å². The van der Waals surface area contributed by atoms with Crippen LogP contribution in [0, 0.1) is 0 Å². The van der Waals surface area contributed by atoms with Gasteiger partial charge in [0, 0.05) is 13.1 Å². The number of nitrogen functional groups attached to an aromatic ring is 1. The van der Waals surface area contributed by atoms with Gasteiger partial charge in [-0.2, -0.15) is 0 Å². The van der Waals surface area contributed by atoms with Crippen molar-refractivity contribution >= 4 is 5.95 Å². The largest absolute Gasteiger partial charge is 0.367 e. The van der Waals surface area contributed by atoms with Crippen molar-refractivity contribution in [3.05, 3.63) is 6.33 Å². The Kier molecular flexibility index (Phi) is 1.58. The van der Waals surface area contributed by atoms with E-state index >= 15 is 0 Å². The van der Waals surface area contributed by atoms with Crippen LogP contribution in [0.5, 0.6) is 0 Å². The first kappa shape index (κ1) is 8.23. The van der Waals surface area contributed by atoms with E-state index in [0.29, 0.717) is 5.95 Å². The van der Waals surface area contributed by atoms with Crippen LogP contribution in [-0.4, -0.2) is 39.3 Å². The Morgan fingerprint density at radius 2 is 2.29 bits per heavy atom. The summed E-state index contributed by atoms with van der Waals surface area (Å²) in [5, 5.41) is 4.26. The van der Waals surface area contributed by atoms with Crippen molar-refractivity contribution < 1.29 is 0 Å².